The SMILES string of the molecule is COc1ccc(CNC(=O)c2cc(-c3cc(C)cc(C)c3)nnc2Cl)cc1OC. The number of amides is 1. The summed E-state index contributed by atoms with van der Waals surface area (Å²) in [7, 11) is 3.14. The van der Waals surface area contributed by atoms with E-state index in [-0.39, 0.29) is 16.6 Å². The van der Waals surface area contributed by atoms with E-state index in [4.69, 9.17) is 21.1 Å². The largest absolute Gasteiger partial charge is 0.493 e. The summed E-state index contributed by atoms with van der Waals surface area (Å²) in [4.78, 5) is 12.7. The molecule has 0 unspecified atom stereocenters. The molecule has 150 valence electrons. The summed E-state index contributed by atoms with van der Waals surface area (Å²) in [5, 5.41) is 11.0. The molecule has 0 aliphatic rings. The standard InChI is InChI=1S/C22H22ClN3O3/c1-13-7-14(2)9-16(8-13)18-11-17(21(23)26-25-18)22(27)24-12-15-5-6-19(28-3)20(10-15)29-4/h5-11H,12H2,1-4H3,(H,24,27). The number of aromatic nitrogens is 2. The number of methoxy groups -OCH3 is 2. The molecule has 2 aromatic carbocycles. The van der Waals surface area contributed by atoms with Gasteiger partial charge < -0.3 is 14.8 Å². The van der Waals surface area contributed by atoms with Gasteiger partial charge in [-0.25, -0.2) is 0 Å². The van der Waals surface area contributed by atoms with E-state index < -0.39 is 0 Å². The topological polar surface area (TPSA) is 73.3 Å². The molecule has 0 bridgehead atoms. The maximum Gasteiger partial charge on any atom is 0.254 e. The fourth-order valence-corrected chi connectivity index (χ4v) is 3.25. The molecule has 0 radical (unpaired) electrons. The summed E-state index contributed by atoms with van der Waals surface area (Å²) in [6, 6.07) is 13.2. The number of carbonyl (C=O) groups excluding carboxylic acids is 1. The maximum absolute atomic E-state index is 12.7. The van der Waals surface area contributed by atoms with Crippen LogP contribution in [-0.2, 0) is 6.54 Å². The fourth-order valence-electron chi connectivity index (χ4n) is 3.07. The van der Waals surface area contributed by atoms with E-state index in [1.165, 1.54) is 0 Å². The van der Waals surface area contributed by atoms with Crippen LogP contribution in [0.25, 0.3) is 11.3 Å². The Bertz CT molecular complexity index is 1030. The lowest BCUT2D eigenvalue weighted by molar-refractivity contribution is 0.0950. The van der Waals surface area contributed by atoms with Gasteiger partial charge in [-0.2, -0.15) is 0 Å². The van der Waals surface area contributed by atoms with E-state index in [1.807, 2.05) is 38.1 Å². The monoisotopic (exact) mass is 411 g/mol. The Balaban J connectivity index is 1.80. The van der Waals surface area contributed by atoms with E-state index >= 15 is 0 Å². The maximum atomic E-state index is 12.7. The average molecular weight is 412 g/mol. The van der Waals surface area contributed by atoms with Gasteiger partial charge in [-0.1, -0.05) is 34.9 Å². The van der Waals surface area contributed by atoms with Gasteiger partial charge in [-0.3, -0.25) is 4.79 Å². The Labute approximate surface area is 174 Å². The summed E-state index contributed by atoms with van der Waals surface area (Å²) in [6.45, 7) is 4.32. The van der Waals surface area contributed by atoms with Crippen molar-refractivity contribution in [2.24, 2.45) is 0 Å². The highest BCUT2D eigenvalue weighted by atomic mass is 35.5. The van der Waals surface area contributed by atoms with Gasteiger partial charge in [0.2, 0.25) is 0 Å². The lowest BCUT2D eigenvalue weighted by atomic mass is 10.0. The third-order valence-corrected chi connectivity index (χ3v) is 4.69. The van der Waals surface area contributed by atoms with Crippen molar-refractivity contribution in [3.05, 3.63) is 69.9 Å². The molecule has 0 spiro atoms. The molecule has 1 amide bonds. The number of aryl methyl sites for hydroxylation is 2. The molecule has 3 aromatic rings. The zero-order valence-electron chi connectivity index (χ0n) is 16.7. The Morgan fingerprint density at radius 3 is 2.31 bits per heavy atom. The molecule has 1 heterocycles. The van der Waals surface area contributed by atoms with E-state index in [1.54, 1.807) is 26.4 Å². The molecule has 0 aliphatic heterocycles. The number of hydrogen-bond acceptors (Lipinski definition) is 5. The smallest absolute Gasteiger partial charge is 0.254 e. The first-order chi connectivity index (χ1) is 13.9. The molecule has 7 heteroatoms. The minimum atomic E-state index is -0.328. The Hall–Kier alpha value is -3.12. The van der Waals surface area contributed by atoms with E-state index in [0.717, 1.165) is 22.3 Å². The minimum Gasteiger partial charge on any atom is -0.493 e. The third-order valence-electron chi connectivity index (χ3n) is 4.41. The summed E-state index contributed by atoms with van der Waals surface area (Å²) < 4.78 is 10.5. The number of hydrogen-bond donors (Lipinski definition) is 1. The second kappa shape index (κ2) is 8.92. The molecule has 0 fully saturated rings. The summed E-state index contributed by atoms with van der Waals surface area (Å²) in [5.74, 6) is 0.896. The number of nitrogens with zero attached hydrogens (tertiary/aromatic N) is 2. The highest BCUT2D eigenvalue weighted by Gasteiger charge is 2.15. The van der Waals surface area contributed by atoms with Crippen LogP contribution in [0, 0.1) is 13.8 Å². The van der Waals surface area contributed by atoms with E-state index in [9.17, 15) is 4.79 Å². The number of rotatable bonds is 6. The van der Waals surface area contributed by atoms with Crippen LogP contribution in [0.3, 0.4) is 0 Å². The van der Waals surface area contributed by atoms with Crippen molar-refractivity contribution < 1.29 is 14.3 Å². The van der Waals surface area contributed by atoms with Gasteiger partial charge in [0.1, 0.15) is 0 Å². The third kappa shape index (κ3) is 4.84. The van der Waals surface area contributed by atoms with Gasteiger partial charge >= 0.3 is 0 Å². The van der Waals surface area contributed by atoms with E-state index in [0.29, 0.717) is 23.7 Å². The van der Waals surface area contributed by atoms with Crippen LogP contribution >= 0.6 is 11.6 Å². The van der Waals surface area contributed by atoms with Crippen molar-refractivity contribution in [3.63, 3.8) is 0 Å². The number of benzene rings is 2. The van der Waals surface area contributed by atoms with Gasteiger partial charge in [-0.05, 0) is 49.7 Å². The molecule has 1 N–H and O–H groups in total. The predicted octanol–water partition coefficient (Wildman–Crippen LogP) is 4.36. The van der Waals surface area contributed by atoms with Crippen LogP contribution in [0.5, 0.6) is 11.5 Å². The zero-order valence-corrected chi connectivity index (χ0v) is 17.5. The molecule has 0 atom stereocenters. The number of carbonyl (C=O) groups is 1. The molecule has 0 aliphatic carbocycles. The van der Waals surface area contributed by atoms with Crippen molar-refractivity contribution in [2.45, 2.75) is 20.4 Å². The summed E-state index contributed by atoms with van der Waals surface area (Å²) in [5.41, 5.74) is 4.84. The Morgan fingerprint density at radius 2 is 1.66 bits per heavy atom. The van der Waals surface area contributed by atoms with Gasteiger partial charge in [0.05, 0.1) is 25.5 Å². The normalized spacial score (nSPS) is 10.5. The van der Waals surface area contributed by atoms with Crippen LogP contribution < -0.4 is 14.8 Å². The zero-order chi connectivity index (χ0) is 21.0. The summed E-state index contributed by atoms with van der Waals surface area (Å²) in [6.07, 6.45) is 0. The number of nitrogens with one attached hydrogen (secondary N) is 1. The molecular weight excluding hydrogens is 390 g/mol. The van der Waals surface area contributed by atoms with Crippen molar-refractivity contribution in [1.82, 2.24) is 15.5 Å². The second-order valence-corrected chi connectivity index (χ2v) is 7.04. The molecule has 3 rings (SSSR count). The number of halogens is 1. The first kappa shape index (κ1) is 20.6. The molecule has 0 saturated heterocycles. The lowest BCUT2D eigenvalue weighted by Crippen LogP contribution is -2.23. The van der Waals surface area contributed by atoms with Gasteiger partial charge in [0.15, 0.2) is 16.7 Å². The van der Waals surface area contributed by atoms with Crippen molar-refractivity contribution in [2.75, 3.05) is 14.2 Å². The van der Waals surface area contributed by atoms with Crippen molar-refractivity contribution in [3.8, 4) is 22.8 Å². The van der Waals surface area contributed by atoms with E-state index in [2.05, 4.69) is 21.6 Å². The van der Waals surface area contributed by atoms with Crippen LogP contribution in [-0.4, -0.2) is 30.3 Å². The minimum absolute atomic E-state index is 0.0583. The average Bonchev–Trinajstić information content (AvgIpc) is 2.71. The quantitative estimate of drug-likeness (QED) is 0.652. The van der Waals surface area contributed by atoms with Gasteiger partial charge in [0.25, 0.3) is 5.91 Å². The van der Waals surface area contributed by atoms with Gasteiger partial charge in [-0.15, -0.1) is 10.2 Å². The first-order valence-corrected chi connectivity index (χ1v) is 9.40. The Morgan fingerprint density at radius 1 is 0.966 bits per heavy atom. The van der Waals surface area contributed by atoms with Crippen molar-refractivity contribution in [1.29, 1.82) is 0 Å². The Kier molecular flexibility index (Phi) is 6.34. The van der Waals surface area contributed by atoms with Gasteiger partial charge in [0, 0.05) is 12.1 Å². The van der Waals surface area contributed by atoms with Crippen LogP contribution in [0.4, 0.5) is 0 Å². The molecule has 6 nitrogen and oxygen atoms in total. The molecule has 29 heavy (non-hydrogen) atoms. The predicted molar refractivity (Wildman–Crippen MR) is 113 cm³/mol. The van der Waals surface area contributed by atoms with Crippen molar-refractivity contribution >= 4 is 17.5 Å². The molecule has 1 aromatic heterocycles. The van der Waals surface area contributed by atoms with Crippen LogP contribution in [0.15, 0.2) is 42.5 Å². The highest BCUT2D eigenvalue weighted by Crippen LogP contribution is 2.28. The second-order valence-electron chi connectivity index (χ2n) is 6.68. The molecule has 0 saturated carbocycles. The fraction of sp³-hybridized carbons (Fsp3) is 0.227. The lowest BCUT2D eigenvalue weighted by Gasteiger charge is -2.11. The summed E-state index contributed by atoms with van der Waals surface area (Å²) >= 11 is 6.14. The number of ether oxygens (including phenoxy) is 2. The molecular formula is C22H22ClN3O3. The first-order valence-electron chi connectivity index (χ1n) is 9.02. The van der Waals surface area contributed by atoms with Crippen LogP contribution in [0.1, 0.15) is 27.0 Å². The van der Waals surface area contributed by atoms with Crippen LogP contribution in [0.2, 0.25) is 5.15 Å². The highest BCUT2D eigenvalue weighted by molar-refractivity contribution is 6.32.